The Morgan fingerprint density at radius 1 is 1.29 bits per heavy atom. The van der Waals surface area contributed by atoms with Gasteiger partial charge in [0.05, 0.1) is 10.5 Å². The molecule has 92 valence electrons. The Balaban J connectivity index is 2.21. The van der Waals surface area contributed by atoms with Gasteiger partial charge in [-0.25, -0.2) is 0 Å². The summed E-state index contributed by atoms with van der Waals surface area (Å²) >= 11 is 3.41. The fourth-order valence-corrected chi connectivity index (χ4v) is 2.70. The van der Waals surface area contributed by atoms with Crippen LogP contribution in [0.4, 0.5) is 5.69 Å². The maximum Gasteiger partial charge on any atom is 0.275 e. The van der Waals surface area contributed by atoms with Crippen molar-refractivity contribution in [1.29, 1.82) is 0 Å². The number of likely N-dealkylation sites (tertiary alicyclic amines) is 1. The standard InChI is InChI=1S/C12H15BrN2O2/c13-11-5-4-6-12(15(16)17)10(11)9-14-7-2-1-3-8-14/h4-6H,1-3,7-9H2. The molecule has 0 aliphatic carbocycles. The van der Waals surface area contributed by atoms with E-state index < -0.39 is 0 Å². The maximum atomic E-state index is 11.0. The second-order valence-corrected chi connectivity index (χ2v) is 5.19. The molecule has 2 rings (SSSR count). The first-order chi connectivity index (χ1) is 8.18. The van der Waals surface area contributed by atoms with Gasteiger partial charge in [0.15, 0.2) is 0 Å². The molecule has 0 unspecified atom stereocenters. The smallest absolute Gasteiger partial charge is 0.275 e. The molecule has 0 atom stereocenters. The highest BCUT2D eigenvalue weighted by molar-refractivity contribution is 9.10. The van der Waals surface area contributed by atoms with Crippen LogP contribution in [-0.2, 0) is 6.54 Å². The SMILES string of the molecule is O=[N+]([O-])c1cccc(Br)c1CN1CCCCC1. The van der Waals surface area contributed by atoms with Crippen LogP contribution in [0.2, 0.25) is 0 Å². The van der Waals surface area contributed by atoms with Gasteiger partial charge < -0.3 is 0 Å². The number of nitro benzene ring substituents is 1. The second kappa shape index (κ2) is 5.60. The molecule has 1 heterocycles. The van der Waals surface area contributed by atoms with E-state index in [1.165, 1.54) is 19.3 Å². The monoisotopic (exact) mass is 298 g/mol. The molecule has 0 bridgehead atoms. The summed E-state index contributed by atoms with van der Waals surface area (Å²) in [6, 6.07) is 5.15. The molecule has 1 fully saturated rings. The average molecular weight is 299 g/mol. The van der Waals surface area contributed by atoms with Crippen LogP contribution in [-0.4, -0.2) is 22.9 Å². The summed E-state index contributed by atoms with van der Waals surface area (Å²) < 4.78 is 0.831. The van der Waals surface area contributed by atoms with Gasteiger partial charge in [0.2, 0.25) is 0 Å². The van der Waals surface area contributed by atoms with E-state index in [2.05, 4.69) is 20.8 Å². The molecule has 0 aromatic heterocycles. The molecule has 1 saturated heterocycles. The molecule has 1 aromatic carbocycles. The van der Waals surface area contributed by atoms with Crippen LogP contribution < -0.4 is 0 Å². The first-order valence-corrected chi connectivity index (χ1v) is 6.62. The number of rotatable bonds is 3. The maximum absolute atomic E-state index is 11.0. The molecule has 0 N–H and O–H groups in total. The van der Waals surface area contributed by atoms with Crippen LogP contribution >= 0.6 is 15.9 Å². The number of nitrogens with zero attached hydrogens (tertiary/aromatic N) is 2. The molecule has 0 radical (unpaired) electrons. The number of benzene rings is 1. The minimum absolute atomic E-state index is 0.213. The second-order valence-electron chi connectivity index (χ2n) is 4.33. The molecule has 1 aromatic rings. The van der Waals surface area contributed by atoms with Crippen LogP contribution in [0.25, 0.3) is 0 Å². The third-order valence-electron chi connectivity index (χ3n) is 3.12. The van der Waals surface area contributed by atoms with Gasteiger partial charge >= 0.3 is 0 Å². The van der Waals surface area contributed by atoms with Gasteiger partial charge in [-0.1, -0.05) is 28.4 Å². The van der Waals surface area contributed by atoms with Crippen molar-refractivity contribution in [3.63, 3.8) is 0 Å². The van der Waals surface area contributed by atoms with Crippen molar-refractivity contribution in [2.24, 2.45) is 0 Å². The molecular weight excluding hydrogens is 284 g/mol. The lowest BCUT2D eigenvalue weighted by Gasteiger charge is -2.26. The number of nitro groups is 1. The minimum Gasteiger partial charge on any atom is -0.299 e. The number of hydrogen-bond acceptors (Lipinski definition) is 3. The largest absolute Gasteiger partial charge is 0.299 e. The zero-order valence-electron chi connectivity index (χ0n) is 9.56. The molecule has 17 heavy (non-hydrogen) atoms. The Kier molecular flexibility index (Phi) is 4.12. The summed E-state index contributed by atoms with van der Waals surface area (Å²) in [5.41, 5.74) is 1.00. The Bertz CT molecular complexity index is 417. The van der Waals surface area contributed by atoms with Gasteiger partial charge in [0, 0.05) is 17.1 Å². The molecule has 0 amide bonds. The summed E-state index contributed by atoms with van der Waals surface area (Å²) in [5, 5.41) is 11.0. The summed E-state index contributed by atoms with van der Waals surface area (Å²) in [6.07, 6.45) is 3.66. The van der Waals surface area contributed by atoms with Gasteiger partial charge in [-0.05, 0) is 32.0 Å². The first-order valence-electron chi connectivity index (χ1n) is 5.82. The fraction of sp³-hybridized carbons (Fsp3) is 0.500. The normalized spacial score (nSPS) is 17.0. The molecule has 1 aliphatic heterocycles. The Morgan fingerprint density at radius 2 is 2.00 bits per heavy atom. The van der Waals surface area contributed by atoms with E-state index in [4.69, 9.17) is 0 Å². The molecule has 0 saturated carbocycles. The van der Waals surface area contributed by atoms with Crippen LogP contribution in [0, 0.1) is 10.1 Å². The average Bonchev–Trinajstić information content (AvgIpc) is 2.33. The lowest BCUT2D eigenvalue weighted by Crippen LogP contribution is -2.29. The van der Waals surface area contributed by atoms with E-state index >= 15 is 0 Å². The molecule has 1 aliphatic rings. The van der Waals surface area contributed by atoms with Gasteiger partial charge in [0.25, 0.3) is 5.69 Å². The predicted molar refractivity (Wildman–Crippen MR) is 69.9 cm³/mol. The molecule has 4 nitrogen and oxygen atoms in total. The molecule has 5 heteroatoms. The van der Waals surface area contributed by atoms with E-state index in [0.29, 0.717) is 6.54 Å². The quantitative estimate of drug-likeness (QED) is 0.635. The van der Waals surface area contributed by atoms with Crippen LogP contribution in [0.5, 0.6) is 0 Å². The first kappa shape index (κ1) is 12.5. The highest BCUT2D eigenvalue weighted by atomic mass is 79.9. The van der Waals surface area contributed by atoms with Crippen molar-refractivity contribution in [2.45, 2.75) is 25.8 Å². The summed E-state index contributed by atoms with van der Waals surface area (Å²) in [4.78, 5) is 13.0. The van der Waals surface area contributed by atoms with Crippen molar-refractivity contribution in [3.05, 3.63) is 38.3 Å². The summed E-state index contributed by atoms with van der Waals surface area (Å²) in [7, 11) is 0. The van der Waals surface area contributed by atoms with Crippen LogP contribution in [0.3, 0.4) is 0 Å². The summed E-state index contributed by atoms with van der Waals surface area (Å²) in [5.74, 6) is 0. The lowest BCUT2D eigenvalue weighted by molar-refractivity contribution is -0.385. The minimum atomic E-state index is -0.302. The number of piperidine rings is 1. The third-order valence-corrected chi connectivity index (χ3v) is 3.86. The Hall–Kier alpha value is -0.940. The van der Waals surface area contributed by atoms with E-state index in [0.717, 1.165) is 23.1 Å². The molecular formula is C12H15BrN2O2. The Morgan fingerprint density at radius 3 is 2.65 bits per heavy atom. The van der Waals surface area contributed by atoms with Crippen molar-refractivity contribution in [1.82, 2.24) is 4.90 Å². The number of hydrogen-bond donors (Lipinski definition) is 0. The highest BCUT2D eigenvalue weighted by Crippen LogP contribution is 2.28. The van der Waals surface area contributed by atoms with Crippen molar-refractivity contribution in [2.75, 3.05) is 13.1 Å². The van der Waals surface area contributed by atoms with E-state index in [1.54, 1.807) is 12.1 Å². The zero-order chi connectivity index (χ0) is 12.3. The van der Waals surface area contributed by atoms with E-state index in [1.807, 2.05) is 6.07 Å². The lowest BCUT2D eigenvalue weighted by atomic mass is 10.1. The van der Waals surface area contributed by atoms with Gasteiger partial charge in [-0.15, -0.1) is 0 Å². The van der Waals surface area contributed by atoms with Crippen LogP contribution in [0.15, 0.2) is 22.7 Å². The van der Waals surface area contributed by atoms with Gasteiger partial charge in [-0.3, -0.25) is 15.0 Å². The summed E-state index contributed by atoms with van der Waals surface area (Å²) in [6.45, 7) is 2.74. The number of halogens is 1. The topological polar surface area (TPSA) is 46.4 Å². The highest BCUT2D eigenvalue weighted by Gasteiger charge is 2.19. The molecule has 0 spiro atoms. The van der Waals surface area contributed by atoms with Gasteiger partial charge in [0.1, 0.15) is 0 Å². The fourth-order valence-electron chi connectivity index (χ4n) is 2.22. The Labute approximate surface area is 109 Å². The predicted octanol–water partition coefficient (Wildman–Crippen LogP) is 3.34. The zero-order valence-corrected chi connectivity index (χ0v) is 11.1. The third kappa shape index (κ3) is 3.04. The van der Waals surface area contributed by atoms with Crippen molar-refractivity contribution < 1.29 is 4.92 Å². The van der Waals surface area contributed by atoms with E-state index in [-0.39, 0.29) is 10.6 Å². The van der Waals surface area contributed by atoms with Crippen LogP contribution in [0.1, 0.15) is 24.8 Å². The van der Waals surface area contributed by atoms with Crippen molar-refractivity contribution >= 4 is 21.6 Å². The van der Waals surface area contributed by atoms with Crippen molar-refractivity contribution in [3.8, 4) is 0 Å². The van der Waals surface area contributed by atoms with Gasteiger partial charge in [-0.2, -0.15) is 0 Å². The van der Waals surface area contributed by atoms with E-state index in [9.17, 15) is 10.1 Å².